The van der Waals surface area contributed by atoms with Crippen LogP contribution < -0.4 is 0 Å². The Morgan fingerprint density at radius 1 is 1.04 bits per heavy atom. The van der Waals surface area contributed by atoms with Gasteiger partial charge in [0.05, 0.1) is 0 Å². The molecule has 3 rings (SSSR count). The molecule has 0 aliphatic carbocycles. The topological polar surface area (TPSA) is 114 Å². The number of nitrogens with one attached hydrogen (secondary N) is 1. The summed E-state index contributed by atoms with van der Waals surface area (Å²) in [6.07, 6.45) is 7.07. The summed E-state index contributed by atoms with van der Waals surface area (Å²) in [7, 11) is 0. The van der Waals surface area contributed by atoms with Crippen molar-refractivity contribution in [2.75, 3.05) is 0 Å². The van der Waals surface area contributed by atoms with E-state index in [0.29, 0.717) is 23.7 Å². The smallest absolute Gasteiger partial charge is 0.240 e. The van der Waals surface area contributed by atoms with E-state index in [9.17, 15) is 0 Å². The number of hydrogen-bond acceptors (Lipinski definition) is 6. The van der Waals surface area contributed by atoms with Gasteiger partial charge in [-0.3, -0.25) is 0 Å². The third-order valence-corrected chi connectivity index (χ3v) is 3.10. The molecular weight excluding hydrogens is 294 g/mol. The highest BCUT2D eigenvalue weighted by molar-refractivity contribution is 5.41. The molecule has 3 aromatic rings. The highest BCUT2D eigenvalue weighted by Gasteiger charge is 2.11. The Morgan fingerprint density at radius 3 is 2.22 bits per heavy atom. The van der Waals surface area contributed by atoms with Crippen molar-refractivity contribution in [1.29, 1.82) is 5.26 Å². The first-order valence-electron chi connectivity index (χ1n) is 7.24. The van der Waals surface area contributed by atoms with Crippen molar-refractivity contribution in [3.63, 3.8) is 0 Å². The van der Waals surface area contributed by atoms with Crippen LogP contribution in [0.25, 0.3) is 11.6 Å². The molecule has 9 heteroatoms. The van der Waals surface area contributed by atoms with E-state index in [-0.39, 0.29) is 0 Å². The van der Waals surface area contributed by atoms with Crippen molar-refractivity contribution in [3.8, 4) is 17.7 Å². The van der Waals surface area contributed by atoms with Gasteiger partial charge in [-0.05, 0) is 32.9 Å². The maximum atomic E-state index is 8.52. The molecule has 3 heterocycles. The number of aromatic amines is 1. The largest absolute Gasteiger partial charge is 0.326 e. The Morgan fingerprint density at radius 2 is 1.70 bits per heavy atom. The van der Waals surface area contributed by atoms with E-state index in [1.165, 1.54) is 0 Å². The SMILES string of the molecule is CC(C)n1ccnc1-c1nn[nH]n1.CC(C)n1ccnc1C#N. The molecule has 0 atom stereocenters. The number of H-pyrrole nitrogens is 1. The summed E-state index contributed by atoms with van der Waals surface area (Å²) in [5.41, 5.74) is 0. The quantitative estimate of drug-likeness (QED) is 0.790. The van der Waals surface area contributed by atoms with Gasteiger partial charge in [-0.1, -0.05) is 0 Å². The van der Waals surface area contributed by atoms with Crippen molar-refractivity contribution in [3.05, 3.63) is 30.6 Å². The molecule has 0 unspecified atom stereocenters. The Labute approximate surface area is 134 Å². The van der Waals surface area contributed by atoms with Crippen LogP contribution in [0, 0.1) is 11.3 Å². The normalized spacial score (nSPS) is 10.5. The number of tetrazole rings is 1. The molecule has 1 N–H and O–H groups in total. The van der Waals surface area contributed by atoms with Crippen molar-refractivity contribution in [2.24, 2.45) is 0 Å². The Hall–Kier alpha value is -3.02. The minimum absolute atomic E-state index is 0.317. The summed E-state index contributed by atoms with van der Waals surface area (Å²) in [6.45, 7) is 8.18. The molecule has 3 aromatic heterocycles. The molecular formula is C14H19N9. The molecule has 0 bridgehead atoms. The zero-order valence-corrected chi connectivity index (χ0v) is 13.5. The fourth-order valence-corrected chi connectivity index (χ4v) is 1.98. The van der Waals surface area contributed by atoms with Crippen molar-refractivity contribution in [1.82, 2.24) is 39.7 Å². The van der Waals surface area contributed by atoms with Gasteiger partial charge < -0.3 is 9.13 Å². The van der Waals surface area contributed by atoms with E-state index < -0.39 is 0 Å². The number of imidazole rings is 2. The van der Waals surface area contributed by atoms with E-state index in [2.05, 4.69) is 44.4 Å². The van der Waals surface area contributed by atoms with Gasteiger partial charge >= 0.3 is 0 Å². The first-order valence-corrected chi connectivity index (χ1v) is 7.24. The van der Waals surface area contributed by atoms with E-state index >= 15 is 0 Å². The van der Waals surface area contributed by atoms with Crippen LogP contribution in [0.2, 0.25) is 0 Å². The molecule has 0 amide bonds. The predicted molar refractivity (Wildman–Crippen MR) is 83.1 cm³/mol. The highest BCUT2D eigenvalue weighted by Crippen LogP contribution is 2.15. The molecule has 0 spiro atoms. The molecule has 0 saturated carbocycles. The minimum atomic E-state index is 0.317. The first-order chi connectivity index (χ1) is 11.0. The second-order valence-electron chi connectivity index (χ2n) is 5.35. The fourth-order valence-electron chi connectivity index (χ4n) is 1.98. The summed E-state index contributed by atoms with van der Waals surface area (Å²) >= 11 is 0. The summed E-state index contributed by atoms with van der Waals surface area (Å²) < 4.78 is 3.82. The molecule has 23 heavy (non-hydrogen) atoms. The number of nitrogens with zero attached hydrogens (tertiary/aromatic N) is 8. The van der Waals surface area contributed by atoms with Gasteiger partial charge in [0.1, 0.15) is 6.07 Å². The summed E-state index contributed by atoms with van der Waals surface area (Å²) in [5.74, 6) is 1.75. The number of nitriles is 1. The van der Waals surface area contributed by atoms with Crippen molar-refractivity contribution >= 4 is 0 Å². The van der Waals surface area contributed by atoms with E-state index in [0.717, 1.165) is 5.82 Å². The zero-order chi connectivity index (χ0) is 16.8. The number of hydrogen-bond donors (Lipinski definition) is 1. The molecule has 0 radical (unpaired) electrons. The van der Waals surface area contributed by atoms with Gasteiger partial charge in [0, 0.05) is 36.9 Å². The van der Waals surface area contributed by atoms with Crippen LogP contribution in [0.4, 0.5) is 0 Å². The monoisotopic (exact) mass is 313 g/mol. The van der Waals surface area contributed by atoms with Gasteiger partial charge in [-0.25, -0.2) is 9.97 Å². The van der Waals surface area contributed by atoms with Gasteiger partial charge in [-0.2, -0.15) is 10.5 Å². The standard InChI is InChI=1S/C7H10N6.C7H9N3/c1-5(2)13-4-3-8-7(13)6-9-11-12-10-6;1-6(2)10-4-3-9-7(10)5-8/h3-5H,1-2H3,(H,9,10,11,12);3-4,6H,1-2H3. The van der Waals surface area contributed by atoms with Gasteiger partial charge in [0.2, 0.25) is 11.6 Å². The maximum Gasteiger partial charge on any atom is 0.240 e. The molecule has 0 aliphatic heterocycles. The molecule has 9 nitrogen and oxygen atoms in total. The van der Waals surface area contributed by atoms with E-state index in [1.807, 2.05) is 41.4 Å². The number of rotatable bonds is 3. The van der Waals surface area contributed by atoms with E-state index in [4.69, 9.17) is 5.26 Å². The summed E-state index contributed by atoms with van der Waals surface area (Å²) in [6, 6.07) is 2.67. The van der Waals surface area contributed by atoms with Crippen LogP contribution in [0.15, 0.2) is 24.8 Å². The van der Waals surface area contributed by atoms with Crippen LogP contribution >= 0.6 is 0 Å². The zero-order valence-electron chi connectivity index (χ0n) is 13.5. The van der Waals surface area contributed by atoms with Crippen LogP contribution in [-0.2, 0) is 0 Å². The van der Waals surface area contributed by atoms with Gasteiger partial charge in [0.15, 0.2) is 5.82 Å². The third kappa shape index (κ3) is 3.79. The van der Waals surface area contributed by atoms with Crippen molar-refractivity contribution in [2.45, 2.75) is 39.8 Å². The predicted octanol–water partition coefficient (Wildman–Crippen LogP) is 1.98. The highest BCUT2D eigenvalue weighted by atomic mass is 15.5. The van der Waals surface area contributed by atoms with Gasteiger partial charge in [-0.15, -0.1) is 10.2 Å². The Kier molecular flexibility index (Phi) is 5.19. The molecule has 120 valence electrons. The number of aromatic nitrogens is 8. The average molecular weight is 313 g/mol. The van der Waals surface area contributed by atoms with Crippen LogP contribution in [0.1, 0.15) is 45.6 Å². The first kappa shape index (κ1) is 16.4. The second-order valence-corrected chi connectivity index (χ2v) is 5.35. The average Bonchev–Trinajstić information content (AvgIpc) is 3.26. The molecule has 0 aromatic carbocycles. The molecule has 0 fully saturated rings. The lowest BCUT2D eigenvalue weighted by molar-refractivity contribution is 0.592. The van der Waals surface area contributed by atoms with Crippen LogP contribution in [-0.4, -0.2) is 39.7 Å². The van der Waals surface area contributed by atoms with Crippen LogP contribution in [0.5, 0.6) is 0 Å². The lowest BCUT2D eigenvalue weighted by Crippen LogP contribution is -2.02. The maximum absolute atomic E-state index is 8.52. The lowest BCUT2D eigenvalue weighted by Gasteiger charge is -2.07. The summed E-state index contributed by atoms with van der Waals surface area (Å²) in [4.78, 5) is 8.02. The minimum Gasteiger partial charge on any atom is -0.326 e. The molecule has 0 saturated heterocycles. The van der Waals surface area contributed by atoms with Crippen molar-refractivity contribution < 1.29 is 0 Å². The lowest BCUT2D eigenvalue weighted by atomic mass is 10.4. The Bertz CT molecular complexity index is 758. The van der Waals surface area contributed by atoms with Crippen LogP contribution in [0.3, 0.4) is 0 Å². The third-order valence-electron chi connectivity index (χ3n) is 3.10. The second kappa shape index (κ2) is 7.31. The summed E-state index contributed by atoms with van der Waals surface area (Å²) in [5, 5.41) is 22.2. The van der Waals surface area contributed by atoms with Gasteiger partial charge in [0.25, 0.3) is 0 Å². The molecule has 0 aliphatic rings. The fraction of sp³-hybridized carbons (Fsp3) is 0.429. The Balaban J connectivity index is 0.000000174. The van der Waals surface area contributed by atoms with E-state index in [1.54, 1.807) is 12.4 Å².